The molecule has 1 aromatic carbocycles. The predicted molar refractivity (Wildman–Crippen MR) is 114 cm³/mol. The number of nitrogens with zero attached hydrogens (tertiary/aromatic N) is 1. The molecule has 5 nitrogen and oxygen atoms in total. The Morgan fingerprint density at radius 3 is 2.72 bits per heavy atom. The number of aromatic nitrogens is 1. The van der Waals surface area contributed by atoms with E-state index in [-0.39, 0.29) is 11.7 Å². The maximum Gasteiger partial charge on any atom is 0.255 e. The standard InChI is InChI=1S/C23H22ClN3O2/c1-13-6-3-11-19(25-13)27-23(29)20-14(2)26-17-9-5-10-18(28)22(17)21(20)15-7-4-8-16(24)12-15/h3-4,6-8,11-12,21,26H,5,9-10H2,1-2H3,(H,25,27,29)/t21-/m0/s1. The zero-order valence-corrected chi connectivity index (χ0v) is 17.1. The van der Waals surface area contributed by atoms with Gasteiger partial charge >= 0.3 is 0 Å². The maximum absolute atomic E-state index is 13.3. The second-order valence-electron chi connectivity index (χ2n) is 7.44. The van der Waals surface area contributed by atoms with Gasteiger partial charge in [-0.1, -0.05) is 29.8 Å². The van der Waals surface area contributed by atoms with Gasteiger partial charge in [-0.15, -0.1) is 0 Å². The zero-order chi connectivity index (χ0) is 20.5. The van der Waals surface area contributed by atoms with Crippen LogP contribution in [0.5, 0.6) is 0 Å². The van der Waals surface area contributed by atoms with Gasteiger partial charge in [0.15, 0.2) is 5.78 Å². The summed E-state index contributed by atoms with van der Waals surface area (Å²) < 4.78 is 0. The molecule has 1 atom stereocenters. The molecule has 2 aliphatic rings. The number of carbonyl (C=O) groups excluding carboxylic acids is 2. The van der Waals surface area contributed by atoms with Crippen molar-refractivity contribution in [3.8, 4) is 0 Å². The van der Waals surface area contributed by atoms with Crippen molar-refractivity contribution in [3.05, 3.63) is 81.3 Å². The first-order chi connectivity index (χ1) is 13.9. The Morgan fingerprint density at radius 2 is 1.97 bits per heavy atom. The van der Waals surface area contributed by atoms with Crippen molar-refractivity contribution in [1.82, 2.24) is 10.3 Å². The molecule has 2 heterocycles. The number of Topliss-reactive ketones (excluding diaryl/α,β-unsaturated/α-hetero) is 1. The van der Waals surface area contributed by atoms with Crippen molar-refractivity contribution in [3.63, 3.8) is 0 Å². The van der Waals surface area contributed by atoms with Gasteiger partial charge in [0.2, 0.25) is 0 Å². The molecule has 1 aromatic heterocycles. The summed E-state index contributed by atoms with van der Waals surface area (Å²) in [5.41, 5.74) is 4.50. The van der Waals surface area contributed by atoms with E-state index in [0.29, 0.717) is 28.4 Å². The van der Waals surface area contributed by atoms with Gasteiger partial charge in [0.1, 0.15) is 5.82 Å². The van der Waals surface area contributed by atoms with E-state index in [4.69, 9.17) is 11.6 Å². The SMILES string of the molecule is CC1=C(C(=O)Nc2cccc(C)n2)[C@H](c2cccc(Cl)c2)C2=C(CCCC2=O)N1. The average Bonchev–Trinajstić information content (AvgIpc) is 2.67. The van der Waals surface area contributed by atoms with Crippen LogP contribution in [-0.2, 0) is 9.59 Å². The minimum atomic E-state index is -0.456. The maximum atomic E-state index is 13.3. The molecule has 2 aromatic rings. The lowest BCUT2D eigenvalue weighted by Gasteiger charge is -2.34. The molecule has 2 N–H and O–H groups in total. The summed E-state index contributed by atoms with van der Waals surface area (Å²) in [5, 5.41) is 6.78. The number of pyridine rings is 1. The van der Waals surface area contributed by atoms with Crippen LogP contribution in [0.15, 0.2) is 65.0 Å². The van der Waals surface area contributed by atoms with E-state index in [2.05, 4.69) is 15.6 Å². The van der Waals surface area contributed by atoms with Crippen molar-refractivity contribution in [2.24, 2.45) is 0 Å². The summed E-state index contributed by atoms with van der Waals surface area (Å²) in [5.74, 6) is -0.171. The number of rotatable bonds is 3. The molecule has 0 bridgehead atoms. The van der Waals surface area contributed by atoms with Crippen molar-refractivity contribution in [2.75, 3.05) is 5.32 Å². The Kier molecular flexibility index (Phi) is 5.24. The van der Waals surface area contributed by atoms with Gasteiger partial charge in [-0.05, 0) is 56.5 Å². The van der Waals surface area contributed by atoms with E-state index in [1.54, 1.807) is 12.1 Å². The first kappa shape index (κ1) is 19.4. The van der Waals surface area contributed by atoms with Crippen molar-refractivity contribution in [2.45, 2.75) is 39.0 Å². The van der Waals surface area contributed by atoms with Crippen LogP contribution in [0.2, 0.25) is 5.02 Å². The van der Waals surface area contributed by atoms with Crippen LogP contribution in [-0.4, -0.2) is 16.7 Å². The minimum absolute atomic E-state index is 0.0789. The van der Waals surface area contributed by atoms with Crippen molar-refractivity contribution in [1.29, 1.82) is 0 Å². The summed E-state index contributed by atoms with van der Waals surface area (Å²) in [6.45, 7) is 3.74. The van der Waals surface area contributed by atoms with Crippen molar-refractivity contribution >= 4 is 29.1 Å². The van der Waals surface area contributed by atoms with Gasteiger partial charge in [0.05, 0.1) is 0 Å². The highest BCUT2D eigenvalue weighted by atomic mass is 35.5. The third kappa shape index (κ3) is 3.83. The summed E-state index contributed by atoms with van der Waals surface area (Å²) in [4.78, 5) is 30.6. The number of hydrogen-bond donors (Lipinski definition) is 2. The molecule has 148 valence electrons. The molecule has 0 fully saturated rings. The van der Waals surface area contributed by atoms with Crippen molar-refractivity contribution < 1.29 is 9.59 Å². The molecule has 0 saturated heterocycles. The number of hydrogen-bond acceptors (Lipinski definition) is 4. The Bertz CT molecular complexity index is 1070. The van der Waals surface area contributed by atoms with Gasteiger partial charge in [-0.2, -0.15) is 0 Å². The minimum Gasteiger partial charge on any atom is -0.362 e. The second-order valence-corrected chi connectivity index (χ2v) is 7.88. The fourth-order valence-electron chi connectivity index (χ4n) is 4.10. The summed E-state index contributed by atoms with van der Waals surface area (Å²) in [7, 11) is 0. The smallest absolute Gasteiger partial charge is 0.255 e. The third-order valence-electron chi connectivity index (χ3n) is 5.33. The van der Waals surface area contributed by atoms with E-state index in [1.165, 1.54) is 0 Å². The lowest BCUT2D eigenvalue weighted by Crippen LogP contribution is -2.35. The molecule has 4 rings (SSSR count). The molecule has 0 unspecified atom stereocenters. The number of aryl methyl sites for hydroxylation is 1. The van der Waals surface area contributed by atoms with E-state index in [0.717, 1.165) is 35.5 Å². The normalized spacial score (nSPS) is 19.0. The zero-order valence-electron chi connectivity index (χ0n) is 16.4. The lowest BCUT2D eigenvalue weighted by molar-refractivity contribution is -0.116. The average molecular weight is 408 g/mol. The van der Waals surface area contributed by atoms with Crippen LogP contribution in [0.3, 0.4) is 0 Å². The van der Waals surface area contributed by atoms with Gasteiger partial charge in [-0.25, -0.2) is 4.98 Å². The number of ketones is 1. The van der Waals surface area contributed by atoms with Crippen LogP contribution >= 0.6 is 11.6 Å². The summed E-state index contributed by atoms with van der Waals surface area (Å²) in [6.07, 6.45) is 2.10. The van der Waals surface area contributed by atoms with Crippen LogP contribution < -0.4 is 10.6 Å². The number of dihydropyridines is 1. The Hall–Kier alpha value is -2.92. The highest BCUT2D eigenvalue weighted by Gasteiger charge is 2.38. The number of benzene rings is 1. The summed E-state index contributed by atoms with van der Waals surface area (Å²) >= 11 is 6.24. The number of nitrogens with one attached hydrogen (secondary N) is 2. The Labute approximate surface area is 174 Å². The monoisotopic (exact) mass is 407 g/mol. The molecular weight excluding hydrogens is 386 g/mol. The fraction of sp³-hybridized carbons (Fsp3) is 0.261. The first-order valence-corrected chi connectivity index (χ1v) is 10.1. The third-order valence-corrected chi connectivity index (χ3v) is 5.57. The molecule has 0 spiro atoms. The van der Waals surface area contributed by atoms with Crippen LogP contribution in [0.1, 0.15) is 43.4 Å². The second kappa shape index (κ2) is 7.84. The van der Waals surface area contributed by atoms with Crippen LogP contribution in [0, 0.1) is 6.92 Å². The van der Waals surface area contributed by atoms with Gasteiger partial charge < -0.3 is 10.6 Å². The molecular formula is C23H22ClN3O2. The molecule has 0 saturated carbocycles. The largest absolute Gasteiger partial charge is 0.362 e. The number of halogens is 1. The predicted octanol–water partition coefficient (Wildman–Crippen LogP) is 4.65. The number of anilines is 1. The molecule has 0 radical (unpaired) electrons. The quantitative estimate of drug-likeness (QED) is 0.776. The van der Waals surface area contributed by atoms with Crippen LogP contribution in [0.4, 0.5) is 5.82 Å². The van der Waals surface area contributed by atoms with E-state index >= 15 is 0 Å². The molecule has 1 amide bonds. The Morgan fingerprint density at radius 1 is 1.17 bits per heavy atom. The van der Waals surface area contributed by atoms with E-state index in [9.17, 15) is 9.59 Å². The summed E-state index contributed by atoms with van der Waals surface area (Å²) in [6, 6.07) is 12.8. The Balaban J connectivity index is 1.79. The van der Waals surface area contributed by atoms with Gasteiger partial charge in [0.25, 0.3) is 5.91 Å². The van der Waals surface area contributed by atoms with Gasteiger partial charge in [0, 0.05) is 45.6 Å². The van der Waals surface area contributed by atoms with E-state index in [1.807, 2.05) is 44.2 Å². The number of carbonyl (C=O) groups is 2. The van der Waals surface area contributed by atoms with Crippen LogP contribution in [0.25, 0.3) is 0 Å². The fourth-order valence-corrected chi connectivity index (χ4v) is 4.30. The molecule has 1 aliphatic heterocycles. The topological polar surface area (TPSA) is 71.1 Å². The highest BCUT2D eigenvalue weighted by Crippen LogP contribution is 2.42. The number of allylic oxidation sites excluding steroid dienone is 3. The van der Waals surface area contributed by atoms with Gasteiger partial charge in [-0.3, -0.25) is 9.59 Å². The first-order valence-electron chi connectivity index (χ1n) is 9.68. The van der Waals surface area contributed by atoms with E-state index < -0.39 is 5.92 Å². The molecule has 1 aliphatic carbocycles. The highest BCUT2D eigenvalue weighted by molar-refractivity contribution is 6.30. The molecule has 29 heavy (non-hydrogen) atoms. The molecule has 6 heteroatoms. The number of amides is 1. The lowest BCUT2D eigenvalue weighted by atomic mass is 9.75.